The van der Waals surface area contributed by atoms with Gasteiger partial charge in [0.1, 0.15) is 0 Å². The van der Waals surface area contributed by atoms with E-state index in [1.165, 1.54) is 5.69 Å². The fourth-order valence-corrected chi connectivity index (χ4v) is 1.93. The molecule has 0 aromatic carbocycles. The highest BCUT2D eigenvalue weighted by molar-refractivity contribution is 5.13. The first-order valence-electron chi connectivity index (χ1n) is 5.94. The second-order valence-electron chi connectivity index (χ2n) is 3.88. The van der Waals surface area contributed by atoms with Gasteiger partial charge in [0.25, 0.3) is 0 Å². The Morgan fingerprint density at radius 1 is 1.56 bits per heavy atom. The molecule has 88 valence electrons. The lowest BCUT2D eigenvalue weighted by Crippen LogP contribution is -2.23. The van der Waals surface area contributed by atoms with Crippen LogP contribution in [0.3, 0.4) is 0 Å². The Hall–Kier alpha value is -1.27. The van der Waals surface area contributed by atoms with Crippen LogP contribution in [0.2, 0.25) is 0 Å². The highest BCUT2D eigenvalue weighted by atomic mass is 15.3. The van der Waals surface area contributed by atoms with Crippen LogP contribution in [0.25, 0.3) is 0 Å². The first kappa shape index (κ1) is 12.8. The summed E-state index contributed by atoms with van der Waals surface area (Å²) in [6.07, 6.45) is 7.09. The van der Waals surface area contributed by atoms with Crippen molar-refractivity contribution < 1.29 is 0 Å². The van der Waals surface area contributed by atoms with Gasteiger partial charge in [0.15, 0.2) is 0 Å². The van der Waals surface area contributed by atoms with Crippen LogP contribution in [0.5, 0.6) is 0 Å². The molecule has 0 amide bonds. The van der Waals surface area contributed by atoms with E-state index in [0.29, 0.717) is 6.04 Å². The second-order valence-corrected chi connectivity index (χ2v) is 3.88. The van der Waals surface area contributed by atoms with Gasteiger partial charge in [-0.2, -0.15) is 5.10 Å². The lowest BCUT2D eigenvalue weighted by molar-refractivity contribution is 0.471. The third kappa shape index (κ3) is 3.11. The minimum absolute atomic E-state index is 0.321. The fourth-order valence-electron chi connectivity index (χ4n) is 1.93. The molecule has 1 N–H and O–H groups in total. The van der Waals surface area contributed by atoms with Gasteiger partial charge < -0.3 is 5.32 Å². The maximum Gasteiger partial charge on any atom is 0.0597 e. The fraction of sp³-hybridized carbons (Fsp3) is 0.615. The van der Waals surface area contributed by atoms with E-state index in [1.54, 1.807) is 0 Å². The lowest BCUT2D eigenvalue weighted by atomic mass is 10.1. The van der Waals surface area contributed by atoms with E-state index < -0.39 is 0 Å². The molecule has 1 aromatic rings. The van der Waals surface area contributed by atoms with E-state index in [-0.39, 0.29) is 0 Å². The molecule has 0 bridgehead atoms. The standard InChI is InChI=1S/C13H21N3/c1-5-8-9-12(14-6-2)13-10-11(4)15-16(13)7-3/h1,10,12,14H,6-9H2,2-4H3. The van der Waals surface area contributed by atoms with Crippen LogP contribution in [-0.2, 0) is 6.54 Å². The minimum Gasteiger partial charge on any atom is -0.309 e. The van der Waals surface area contributed by atoms with Gasteiger partial charge in [0.2, 0.25) is 0 Å². The smallest absolute Gasteiger partial charge is 0.0597 e. The molecule has 1 unspecified atom stereocenters. The number of nitrogens with one attached hydrogen (secondary N) is 1. The van der Waals surface area contributed by atoms with Crippen LogP contribution in [0.1, 0.15) is 44.1 Å². The normalized spacial score (nSPS) is 12.4. The van der Waals surface area contributed by atoms with Crippen molar-refractivity contribution in [3.05, 3.63) is 17.5 Å². The van der Waals surface area contributed by atoms with Crippen LogP contribution < -0.4 is 5.32 Å². The molecule has 1 aromatic heterocycles. The number of aromatic nitrogens is 2. The SMILES string of the molecule is C#CCCC(NCC)c1cc(C)nn1CC. The highest BCUT2D eigenvalue weighted by Gasteiger charge is 2.15. The van der Waals surface area contributed by atoms with Crippen molar-refractivity contribution in [2.24, 2.45) is 0 Å². The third-order valence-corrected chi connectivity index (χ3v) is 2.62. The number of hydrogen-bond acceptors (Lipinski definition) is 2. The predicted octanol–water partition coefficient (Wildman–Crippen LogP) is 2.28. The molecule has 0 radical (unpaired) electrons. The molecule has 3 heteroatoms. The number of hydrogen-bond donors (Lipinski definition) is 1. The van der Waals surface area contributed by atoms with Gasteiger partial charge in [-0.15, -0.1) is 12.3 Å². The van der Waals surface area contributed by atoms with Crippen molar-refractivity contribution in [2.75, 3.05) is 6.54 Å². The summed E-state index contributed by atoms with van der Waals surface area (Å²) in [7, 11) is 0. The molecule has 1 heterocycles. The number of rotatable bonds is 6. The average molecular weight is 219 g/mol. The summed E-state index contributed by atoms with van der Waals surface area (Å²) in [6, 6.07) is 2.47. The van der Waals surface area contributed by atoms with Crippen molar-refractivity contribution >= 4 is 0 Å². The number of terminal acetylenes is 1. The van der Waals surface area contributed by atoms with Crippen LogP contribution in [-0.4, -0.2) is 16.3 Å². The van der Waals surface area contributed by atoms with Crippen molar-refractivity contribution in [1.29, 1.82) is 0 Å². The van der Waals surface area contributed by atoms with Crippen LogP contribution in [0.4, 0.5) is 0 Å². The molecule has 0 aliphatic carbocycles. The zero-order valence-corrected chi connectivity index (χ0v) is 10.5. The maximum atomic E-state index is 5.33. The maximum absolute atomic E-state index is 5.33. The Morgan fingerprint density at radius 3 is 2.88 bits per heavy atom. The third-order valence-electron chi connectivity index (χ3n) is 2.62. The van der Waals surface area contributed by atoms with E-state index in [9.17, 15) is 0 Å². The van der Waals surface area contributed by atoms with E-state index in [1.807, 2.05) is 6.92 Å². The van der Waals surface area contributed by atoms with E-state index >= 15 is 0 Å². The monoisotopic (exact) mass is 219 g/mol. The summed E-state index contributed by atoms with van der Waals surface area (Å²) in [4.78, 5) is 0. The van der Waals surface area contributed by atoms with Crippen molar-refractivity contribution in [2.45, 2.75) is 46.2 Å². The van der Waals surface area contributed by atoms with Crippen LogP contribution in [0, 0.1) is 19.3 Å². The number of aryl methyl sites for hydroxylation is 2. The summed E-state index contributed by atoms with van der Waals surface area (Å²) < 4.78 is 2.05. The van der Waals surface area contributed by atoms with Crippen molar-refractivity contribution in [3.63, 3.8) is 0 Å². The summed E-state index contributed by atoms with van der Waals surface area (Å²) in [5.74, 6) is 2.70. The summed E-state index contributed by atoms with van der Waals surface area (Å²) >= 11 is 0. The molecule has 0 aliphatic heterocycles. The van der Waals surface area contributed by atoms with Gasteiger partial charge in [-0.25, -0.2) is 0 Å². The van der Waals surface area contributed by atoms with E-state index in [2.05, 4.69) is 40.9 Å². The Labute approximate surface area is 98.2 Å². The van der Waals surface area contributed by atoms with Gasteiger partial charge in [-0.3, -0.25) is 4.68 Å². The zero-order valence-electron chi connectivity index (χ0n) is 10.5. The predicted molar refractivity (Wildman–Crippen MR) is 67.1 cm³/mol. The molecule has 0 fully saturated rings. The van der Waals surface area contributed by atoms with Gasteiger partial charge in [0.05, 0.1) is 17.4 Å². The molecular formula is C13H21N3. The van der Waals surface area contributed by atoms with Gasteiger partial charge in [-0.05, 0) is 32.9 Å². The molecule has 3 nitrogen and oxygen atoms in total. The van der Waals surface area contributed by atoms with Crippen molar-refractivity contribution in [3.8, 4) is 12.3 Å². The van der Waals surface area contributed by atoms with Gasteiger partial charge >= 0.3 is 0 Å². The first-order chi connectivity index (χ1) is 7.72. The Morgan fingerprint density at radius 2 is 2.31 bits per heavy atom. The molecular weight excluding hydrogens is 198 g/mol. The Kier molecular flexibility index (Phi) is 5.07. The van der Waals surface area contributed by atoms with Crippen LogP contribution >= 0.6 is 0 Å². The topological polar surface area (TPSA) is 29.9 Å². The molecule has 0 saturated heterocycles. The molecule has 16 heavy (non-hydrogen) atoms. The van der Waals surface area contributed by atoms with Gasteiger partial charge in [-0.1, -0.05) is 6.92 Å². The van der Waals surface area contributed by atoms with E-state index in [0.717, 1.165) is 31.6 Å². The summed E-state index contributed by atoms with van der Waals surface area (Å²) in [6.45, 7) is 8.10. The average Bonchev–Trinajstić information content (AvgIpc) is 2.65. The zero-order chi connectivity index (χ0) is 12.0. The van der Waals surface area contributed by atoms with Crippen molar-refractivity contribution in [1.82, 2.24) is 15.1 Å². The van der Waals surface area contributed by atoms with Crippen LogP contribution in [0.15, 0.2) is 6.07 Å². The largest absolute Gasteiger partial charge is 0.309 e. The Bertz CT molecular complexity index is 360. The molecule has 0 saturated carbocycles. The minimum atomic E-state index is 0.321. The molecule has 0 spiro atoms. The lowest BCUT2D eigenvalue weighted by Gasteiger charge is -2.17. The highest BCUT2D eigenvalue weighted by Crippen LogP contribution is 2.19. The van der Waals surface area contributed by atoms with Gasteiger partial charge in [0, 0.05) is 13.0 Å². The summed E-state index contributed by atoms with van der Waals surface area (Å²) in [5, 5.41) is 7.93. The Balaban J connectivity index is 2.86. The molecule has 1 rings (SSSR count). The molecule has 0 aliphatic rings. The second kappa shape index (κ2) is 6.34. The van der Waals surface area contributed by atoms with E-state index in [4.69, 9.17) is 6.42 Å². The first-order valence-corrected chi connectivity index (χ1v) is 5.94. The summed E-state index contributed by atoms with van der Waals surface area (Å²) in [5.41, 5.74) is 2.32. The molecule has 1 atom stereocenters. The number of nitrogens with zero attached hydrogens (tertiary/aromatic N) is 2. The quantitative estimate of drug-likeness (QED) is 0.744.